The number of alkyl halides is 3. The number of aliphatic hydroxyl groups excluding tert-OH is 1. The van der Waals surface area contributed by atoms with Gasteiger partial charge in [-0.3, -0.25) is 4.79 Å². The van der Waals surface area contributed by atoms with Crippen molar-refractivity contribution < 1.29 is 26.8 Å². The van der Waals surface area contributed by atoms with Crippen LogP contribution < -0.4 is 5.32 Å². The average molecular weight is 361 g/mol. The van der Waals surface area contributed by atoms with E-state index in [-0.39, 0.29) is 5.56 Å². The van der Waals surface area contributed by atoms with Crippen molar-refractivity contribution in [3.05, 3.63) is 29.8 Å². The number of amides is 1. The Balaban J connectivity index is 3.01. The van der Waals surface area contributed by atoms with Crippen molar-refractivity contribution in [1.82, 2.24) is 5.32 Å². The highest BCUT2D eigenvalue weighted by molar-refractivity contribution is 7.90. The summed E-state index contributed by atoms with van der Waals surface area (Å²) in [4.78, 5) is 9.43. The zero-order valence-electron chi connectivity index (χ0n) is 13.5. The predicted molar refractivity (Wildman–Crippen MR) is 77.9 cm³/mol. The number of hydrogen-bond donors (Lipinski definition) is 2. The second-order valence-electron chi connectivity index (χ2n) is 4.09. The van der Waals surface area contributed by atoms with Gasteiger partial charge in [-0.15, -0.1) is 0 Å². The fourth-order valence-electron chi connectivity index (χ4n) is 1.52. The molecule has 0 saturated carbocycles. The summed E-state index contributed by atoms with van der Waals surface area (Å²) in [5.41, 5.74) is 0.0723. The van der Waals surface area contributed by atoms with Crippen LogP contribution in [0.25, 0.3) is 0 Å². The van der Waals surface area contributed by atoms with Crippen LogP contribution >= 0.6 is 23.2 Å². The lowest BCUT2D eigenvalue weighted by molar-refractivity contribution is -0.121. The SMILES string of the molecule is [2H]C([2H])([2H])S(=O)(=O)c1ccc([C@H](O)[C@H](CF)NC(=O)C(Cl)Cl)cc1. The Morgan fingerprint density at radius 1 is 1.43 bits per heavy atom. The molecule has 0 unspecified atom stereocenters. The van der Waals surface area contributed by atoms with Crippen molar-refractivity contribution in [3.63, 3.8) is 0 Å². The summed E-state index contributed by atoms with van der Waals surface area (Å²) in [5.74, 6) is -0.901. The minimum Gasteiger partial charge on any atom is -0.386 e. The first-order valence-electron chi connectivity index (χ1n) is 7.09. The van der Waals surface area contributed by atoms with Gasteiger partial charge in [0.05, 0.1) is 10.9 Å². The molecule has 1 aromatic rings. The number of carbonyl (C=O) groups is 1. The molecular formula is C12H14Cl2FNO4S. The Kier molecular flexibility index (Phi) is 4.84. The summed E-state index contributed by atoms with van der Waals surface area (Å²) < 4.78 is 57.6. The standard InChI is InChI=1S/C12H14Cl2FNO4S/c1-21(19,20)8-4-2-7(3-5-8)10(17)9(6-15)16-12(18)11(13)14/h2-5,9-11,17H,6H2,1H3,(H,16,18)/t9-,10-/m0/s1/i1D3. The molecule has 5 nitrogen and oxygen atoms in total. The van der Waals surface area contributed by atoms with E-state index >= 15 is 0 Å². The van der Waals surface area contributed by atoms with Gasteiger partial charge in [0.25, 0.3) is 5.91 Å². The van der Waals surface area contributed by atoms with Crippen LogP contribution in [0.3, 0.4) is 0 Å². The van der Waals surface area contributed by atoms with Crippen LogP contribution in [0.4, 0.5) is 4.39 Å². The van der Waals surface area contributed by atoms with Gasteiger partial charge in [-0.2, -0.15) is 0 Å². The highest BCUT2D eigenvalue weighted by Crippen LogP contribution is 2.20. The molecule has 0 aliphatic carbocycles. The third-order valence-electron chi connectivity index (χ3n) is 2.61. The minimum atomic E-state index is -4.54. The molecule has 0 radical (unpaired) electrons. The Hall–Kier alpha value is -0.890. The summed E-state index contributed by atoms with van der Waals surface area (Å²) in [6.45, 7) is -1.14. The Bertz CT molecular complexity index is 683. The number of benzene rings is 1. The normalized spacial score (nSPS) is 17.5. The quantitative estimate of drug-likeness (QED) is 0.750. The molecule has 0 saturated heterocycles. The fraction of sp³-hybridized carbons (Fsp3) is 0.417. The van der Waals surface area contributed by atoms with Crippen LogP contribution in [0.5, 0.6) is 0 Å². The maximum absolute atomic E-state index is 13.0. The van der Waals surface area contributed by atoms with Gasteiger partial charge in [-0.1, -0.05) is 35.3 Å². The van der Waals surface area contributed by atoms with Crippen LogP contribution in [0.1, 0.15) is 15.8 Å². The largest absolute Gasteiger partial charge is 0.386 e. The van der Waals surface area contributed by atoms with Crippen LogP contribution in [0, 0.1) is 0 Å². The van der Waals surface area contributed by atoms with E-state index in [0.717, 1.165) is 24.3 Å². The van der Waals surface area contributed by atoms with E-state index in [1.807, 2.05) is 0 Å². The molecule has 0 heterocycles. The van der Waals surface area contributed by atoms with Crippen molar-refractivity contribution >= 4 is 38.9 Å². The lowest BCUT2D eigenvalue weighted by Crippen LogP contribution is -2.43. The van der Waals surface area contributed by atoms with E-state index in [1.165, 1.54) is 0 Å². The van der Waals surface area contributed by atoms with E-state index < -0.39 is 50.5 Å². The van der Waals surface area contributed by atoms with Crippen molar-refractivity contribution in [2.24, 2.45) is 0 Å². The van der Waals surface area contributed by atoms with Gasteiger partial charge in [-0.05, 0) is 17.7 Å². The van der Waals surface area contributed by atoms with Crippen LogP contribution in [-0.2, 0) is 14.6 Å². The summed E-state index contributed by atoms with van der Waals surface area (Å²) in [6.07, 6.45) is -4.74. The number of sulfone groups is 1. The molecule has 1 aromatic carbocycles. The highest BCUT2D eigenvalue weighted by Gasteiger charge is 2.25. The second kappa shape index (κ2) is 7.40. The monoisotopic (exact) mass is 360 g/mol. The van der Waals surface area contributed by atoms with E-state index in [2.05, 4.69) is 5.32 Å². The minimum absolute atomic E-state index is 0.0723. The van der Waals surface area contributed by atoms with Gasteiger partial charge in [0, 0.05) is 10.3 Å². The van der Waals surface area contributed by atoms with E-state index in [1.54, 1.807) is 0 Å². The topological polar surface area (TPSA) is 83.5 Å². The Morgan fingerprint density at radius 3 is 2.43 bits per heavy atom. The zero-order chi connectivity index (χ0) is 18.7. The second-order valence-corrected chi connectivity index (χ2v) is 6.66. The van der Waals surface area contributed by atoms with Crippen molar-refractivity contribution in [1.29, 1.82) is 0 Å². The van der Waals surface area contributed by atoms with Crippen LogP contribution in [0.2, 0.25) is 0 Å². The molecule has 2 N–H and O–H groups in total. The summed E-state index contributed by atoms with van der Waals surface area (Å²) in [5, 5.41) is 12.2. The van der Waals surface area contributed by atoms with Crippen LogP contribution in [0.15, 0.2) is 29.2 Å². The van der Waals surface area contributed by atoms with E-state index in [0.29, 0.717) is 0 Å². The van der Waals surface area contributed by atoms with Gasteiger partial charge in [0.2, 0.25) is 0 Å². The lowest BCUT2D eigenvalue weighted by atomic mass is 10.0. The molecular weight excluding hydrogens is 344 g/mol. The molecule has 1 rings (SSSR count). The van der Waals surface area contributed by atoms with Crippen molar-refractivity contribution in [3.8, 4) is 0 Å². The molecule has 9 heteroatoms. The third kappa shape index (κ3) is 5.10. The zero-order valence-corrected chi connectivity index (χ0v) is 12.8. The van der Waals surface area contributed by atoms with Gasteiger partial charge < -0.3 is 10.4 Å². The Morgan fingerprint density at radius 2 is 2.00 bits per heavy atom. The maximum Gasteiger partial charge on any atom is 0.253 e. The van der Waals surface area contributed by atoms with Crippen molar-refractivity contribution in [2.75, 3.05) is 12.9 Å². The molecule has 2 atom stereocenters. The number of hydrogen-bond acceptors (Lipinski definition) is 4. The number of rotatable bonds is 6. The first-order valence-corrected chi connectivity index (χ1v) is 7.94. The molecule has 0 fully saturated rings. The number of carbonyl (C=O) groups excluding carboxylic acids is 1. The molecule has 0 bridgehead atoms. The van der Waals surface area contributed by atoms with E-state index in [4.69, 9.17) is 27.3 Å². The number of halogens is 3. The molecule has 0 aromatic heterocycles. The molecule has 21 heavy (non-hydrogen) atoms. The van der Waals surface area contributed by atoms with Gasteiger partial charge >= 0.3 is 0 Å². The smallest absolute Gasteiger partial charge is 0.253 e. The molecule has 0 spiro atoms. The van der Waals surface area contributed by atoms with Crippen LogP contribution in [-0.4, -0.2) is 43.2 Å². The third-order valence-corrected chi connectivity index (χ3v) is 3.89. The predicted octanol–water partition coefficient (Wildman–Crippen LogP) is 1.38. The van der Waals surface area contributed by atoms with E-state index in [9.17, 15) is 22.7 Å². The summed E-state index contributed by atoms with van der Waals surface area (Å²) in [6, 6.07) is 2.84. The molecule has 118 valence electrons. The number of aliphatic hydroxyl groups is 1. The van der Waals surface area contributed by atoms with Gasteiger partial charge in [-0.25, -0.2) is 12.8 Å². The van der Waals surface area contributed by atoms with Gasteiger partial charge in [0.15, 0.2) is 14.7 Å². The molecule has 0 aliphatic rings. The summed E-state index contributed by atoms with van der Waals surface area (Å²) in [7, 11) is -4.54. The van der Waals surface area contributed by atoms with Gasteiger partial charge in [0.1, 0.15) is 12.8 Å². The number of nitrogens with one attached hydrogen (secondary N) is 1. The van der Waals surface area contributed by atoms with Crippen molar-refractivity contribution in [2.45, 2.75) is 21.9 Å². The Labute approximate surface area is 136 Å². The fourth-order valence-corrected chi connectivity index (χ4v) is 2.14. The lowest BCUT2D eigenvalue weighted by Gasteiger charge is -2.22. The molecule has 0 aliphatic heterocycles. The highest BCUT2D eigenvalue weighted by atomic mass is 35.5. The maximum atomic E-state index is 13.0. The first-order chi connectivity index (χ1) is 10.9. The molecule has 1 amide bonds. The first kappa shape index (κ1) is 13.8. The summed E-state index contributed by atoms with van der Waals surface area (Å²) >= 11 is 10.6. The average Bonchev–Trinajstić information content (AvgIpc) is 2.50.